The van der Waals surface area contributed by atoms with Gasteiger partial charge >= 0.3 is 12.2 Å². The van der Waals surface area contributed by atoms with Crippen LogP contribution in [0.5, 0.6) is 5.75 Å². The maximum absolute atomic E-state index is 13.2. The highest BCUT2D eigenvalue weighted by atomic mass is 127. The number of hydrogen-bond donors (Lipinski definition) is 1. The van der Waals surface area contributed by atoms with Gasteiger partial charge in [-0.05, 0) is 56.7 Å². The Bertz CT molecular complexity index is 1150. The summed E-state index contributed by atoms with van der Waals surface area (Å²) in [6.45, 7) is 10.8. The van der Waals surface area contributed by atoms with Crippen molar-refractivity contribution in [2.75, 3.05) is 61.6 Å². The van der Waals surface area contributed by atoms with Crippen molar-refractivity contribution in [2.45, 2.75) is 124 Å². The molecular weight excluding hydrogens is 856 g/mol. The van der Waals surface area contributed by atoms with Crippen molar-refractivity contribution in [3.8, 4) is 5.75 Å². The standard InChI is InChI=1S/C40H69N3O5.2HI/c1-10-12-14-16-18-22-28-42(5,6)39(44)47-30-26-34-32(3)41-33(4)35(38(34)36-24-20-21-25-37(36)46-9)27-31-48-40(45)43(7,8)29-23-19-17-15-13-11-2;;/h20-21,24-25,38,41H,10-19,22-23,26-31H2,1-9H3;2*1H/q+2;;/p-2. The summed E-state index contributed by atoms with van der Waals surface area (Å²) in [5, 5.41) is 3.58. The molecule has 2 rings (SSSR count). The smallest absolute Gasteiger partial charge is 0.515 e. The van der Waals surface area contributed by atoms with Gasteiger partial charge in [0.15, 0.2) is 0 Å². The lowest BCUT2D eigenvalue weighted by atomic mass is 9.78. The first-order valence-corrected chi connectivity index (χ1v) is 18.7. The van der Waals surface area contributed by atoms with E-state index in [0.717, 1.165) is 72.6 Å². The molecule has 10 heteroatoms. The van der Waals surface area contributed by atoms with Gasteiger partial charge < -0.3 is 67.5 Å². The van der Waals surface area contributed by atoms with Crippen LogP contribution >= 0.6 is 0 Å². The first kappa shape index (κ1) is 48.6. The van der Waals surface area contributed by atoms with Crippen LogP contribution < -0.4 is 58.0 Å². The fourth-order valence-electron chi connectivity index (χ4n) is 6.63. The minimum atomic E-state index is -0.194. The lowest BCUT2D eigenvalue weighted by molar-refractivity contribution is -0.817. The molecule has 1 aliphatic rings. The van der Waals surface area contributed by atoms with E-state index in [1.165, 1.54) is 51.4 Å². The number of hydrogen-bond acceptors (Lipinski definition) is 6. The number of allylic oxidation sites excluding steroid dienone is 2. The number of ether oxygens (including phenoxy) is 3. The van der Waals surface area contributed by atoms with Gasteiger partial charge in [-0.15, -0.1) is 0 Å². The van der Waals surface area contributed by atoms with E-state index >= 15 is 0 Å². The number of halogens is 2. The fraction of sp³-hybridized carbons (Fsp3) is 0.700. The molecule has 1 aliphatic heterocycles. The molecule has 0 spiro atoms. The van der Waals surface area contributed by atoms with Crippen LogP contribution in [0.2, 0.25) is 0 Å². The second-order valence-electron chi connectivity index (χ2n) is 14.7. The number of dihydropyridines is 1. The lowest BCUT2D eigenvalue weighted by Gasteiger charge is -2.34. The zero-order valence-electron chi connectivity index (χ0n) is 32.8. The number of rotatable bonds is 22. The number of carbonyl (C=O) groups is 2. The number of quaternary nitrogens is 2. The SMILES string of the molecule is CCCCCCCC[N+](C)(C)C(=O)OCCC1=C(C)NC(C)=C(CCOC(=O)[N+](C)(C)CCCCCCCC)C1c1ccccc1OC.[I-].[I-]. The molecule has 0 aromatic heterocycles. The average molecular weight is 926 g/mol. The van der Waals surface area contributed by atoms with Gasteiger partial charge in [-0.2, -0.15) is 9.59 Å². The molecule has 288 valence electrons. The van der Waals surface area contributed by atoms with Crippen molar-refractivity contribution in [1.29, 1.82) is 0 Å². The Morgan fingerprint density at radius 3 is 1.48 bits per heavy atom. The maximum atomic E-state index is 13.2. The molecule has 0 radical (unpaired) electrons. The monoisotopic (exact) mass is 925 g/mol. The van der Waals surface area contributed by atoms with Gasteiger partial charge in [-0.1, -0.05) is 83.4 Å². The van der Waals surface area contributed by atoms with E-state index < -0.39 is 0 Å². The molecule has 0 saturated carbocycles. The van der Waals surface area contributed by atoms with E-state index in [0.29, 0.717) is 26.1 Å². The van der Waals surface area contributed by atoms with E-state index in [9.17, 15) is 9.59 Å². The number of unbranched alkanes of at least 4 members (excludes halogenated alkanes) is 10. The second-order valence-corrected chi connectivity index (χ2v) is 14.7. The summed E-state index contributed by atoms with van der Waals surface area (Å²) < 4.78 is 18.1. The Kier molecular flexibility index (Phi) is 24.9. The molecule has 0 saturated heterocycles. The van der Waals surface area contributed by atoms with E-state index in [4.69, 9.17) is 14.2 Å². The van der Waals surface area contributed by atoms with Gasteiger partial charge in [-0.25, -0.2) is 8.97 Å². The zero-order valence-corrected chi connectivity index (χ0v) is 37.1. The summed E-state index contributed by atoms with van der Waals surface area (Å²) in [6.07, 6.45) is 15.1. The van der Waals surface area contributed by atoms with Gasteiger partial charge in [0, 0.05) is 35.7 Å². The molecule has 1 aromatic carbocycles. The minimum absolute atomic E-state index is 0. The third kappa shape index (κ3) is 16.1. The lowest BCUT2D eigenvalue weighted by Crippen LogP contribution is -3.00. The molecule has 0 atom stereocenters. The van der Waals surface area contributed by atoms with E-state index in [2.05, 4.69) is 39.1 Å². The quantitative estimate of drug-likeness (QED) is 0.108. The molecule has 2 amide bonds. The molecule has 8 nitrogen and oxygen atoms in total. The summed E-state index contributed by atoms with van der Waals surface area (Å²) in [7, 11) is 9.47. The number of nitrogens with zero attached hydrogens (tertiary/aromatic N) is 2. The summed E-state index contributed by atoms with van der Waals surface area (Å²) in [5.41, 5.74) is 5.47. The molecular formula is C40H69I2N3O5. The first-order chi connectivity index (χ1) is 22.9. The number of amides is 2. The number of carbonyl (C=O) groups excluding carboxylic acids is 2. The van der Waals surface area contributed by atoms with Crippen molar-refractivity contribution in [2.24, 2.45) is 0 Å². The average Bonchev–Trinajstić information content (AvgIpc) is 3.05. The van der Waals surface area contributed by atoms with Crippen LogP contribution in [0.4, 0.5) is 9.59 Å². The number of para-hydroxylation sites is 1. The van der Waals surface area contributed by atoms with Gasteiger partial charge in [0.2, 0.25) is 0 Å². The third-order valence-corrected chi connectivity index (χ3v) is 9.81. The third-order valence-electron chi connectivity index (χ3n) is 9.81. The maximum Gasteiger partial charge on any atom is 0.515 e. The molecule has 1 heterocycles. The van der Waals surface area contributed by atoms with Crippen molar-refractivity contribution >= 4 is 12.2 Å². The van der Waals surface area contributed by atoms with Crippen LogP contribution in [0, 0.1) is 0 Å². The van der Waals surface area contributed by atoms with Crippen LogP contribution in [-0.2, 0) is 9.47 Å². The van der Waals surface area contributed by atoms with Crippen LogP contribution in [0.3, 0.4) is 0 Å². The van der Waals surface area contributed by atoms with Crippen LogP contribution in [0.15, 0.2) is 46.8 Å². The molecule has 0 aliphatic carbocycles. The number of nitrogens with one attached hydrogen (secondary N) is 1. The molecule has 0 fully saturated rings. The van der Waals surface area contributed by atoms with E-state index in [-0.39, 0.29) is 75.0 Å². The van der Waals surface area contributed by atoms with Crippen LogP contribution in [-0.4, -0.2) is 82.8 Å². The molecule has 50 heavy (non-hydrogen) atoms. The highest BCUT2D eigenvalue weighted by molar-refractivity contribution is 5.60. The van der Waals surface area contributed by atoms with Crippen molar-refractivity contribution in [1.82, 2.24) is 5.32 Å². The number of methoxy groups -OCH3 is 1. The van der Waals surface area contributed by atoms with Crippen LogP contribution in [0.1, 0.15) is 129 Å². The van der Waals surface area contributed by atoms with E-state index in [1.54, 1.807) is 7.11 Å². The topological polar surface area (TPSA) is 73.9 Å². The predicted molar refractivity (Wildman–Crippen MR) is 197 cm³/mol. The Balaban J connectivity index is 0.0000120. The Hall–Kier alpha value is -1.38. The predicted octanol–water partition coefficient (Wildman–Crippen LogP) is 3.87. The fourth-order valence-corrected chi connectivity index (χ4v) is 6.63. The summed E-state index contributed by atoms with van der Waals surface area (Å²) in [6, 6.07) is 8.10. The minimum Gasteiger partial charge on any atom is -1.00 e. The first-order valence-electron chi connectivity index (χ1n) is 18.7. The summed E-state index contributed by atoms with van der Waals surface area (Å²) >= 11 is 0. The molecule has 1 N–H and O–H groups in total. The van der Waals surface area contributed by atoms with Gasteiger partial charge in [0.05, 0.1) is 48.4 Å². The van der Waals surface area contributed by atoms with Crippen molar-refractivity contribution in [3.05, 3.63) is 52.4 Å². The highest BCUT2D eigenvalue weighted by Crippen LogP contribution is 2.44. The van der Waals surface area contributed by atoms with Gasteiger partial charge in [-0.3, -0.25) is 0 Å². The molecule has 0 bridgehead atoms. The second kappa shape index (κ2) is 25.6. The molecule has 0 unspecified atom stereocenters. The Labute approximate surface area is 339 Å². The van der Waals surface area contributed by atoms with Crippen LogP contribution in [0.25, 0.3) is 0 Å². The molecule has 1 aromatic rings. The van der Waals surface area contributed by atoms with E-state index in [1.807, 2.05) is 46.4 Å². The van der Waals surface area contributed by atoms with Crippen molar-refractivity contribution < 1.29 is 80.7 Å². The number of benzene rings is 1. The van der Waals surface area contributed by atoms with Gasteiger partial charge in [0.1, 0.15) is 19.0 Å². The van der Waals surface area contributed by atoms with Crippen molar-refractivity contribution in [3.63, 3.8) is 0 Å². The Morgan fingerprint density at radius 1 is 0.660 bits per heavy atom. The highest BCUT2D eigenvalue weighted by Gasteiger charge is 2.33. The zero-order chi connectivity index (χ0) is 35.6. The summed E-state index contributed by atoms with van der Waals surface area (Å²) in [4.78, 5) is 26.3. The largest absolute Gasteiger partial charge is 1.00 e. The summed E-state index contributed by atoms with van der Waals surface area (Å²) in [5.74, 6) is 0.721. The Morgan fingerprint density at radius 2 is 1.06 bits per heavy atom. The van der Waals surface area contributed by atoms with Gasteiger partial charge in [0.25, 0.3) is 0 Å². The normalized spacial score (nSPS) is 13.7.